The largest absolute Gasteiger partial charge is 0.486 e. The Bertz CT molecular complexity index is 348. The highest BCUT2D eigenvalue weighted by Crippen LogP contribution is 2.24. The molecule has 3 nitrogen and oxygen atoms in total. The Labute approximate surface area is 95.1 Å². The molecule has 0 unspecified atom stereocenters. The second kappa shape index (κ2) is 5.72. The molecule has 0 radical (unpaired) electrons. The third-order valence-electron chi connectivity index (χ3n) is 1.74. The quantitative estimate of drug-likeness (QED) is 0.497. The Kier molecular flexibility index (Phi) is 4.56. The van der Waals surface area contributed by atoms with Crippen molar-refractivity contribution in [1.29, 1.82) is 0 Å². The molecule has 0 saturated heterocycles. The maximum Gasteiger partial charge on any atom is 0.411 e. The fourth-order valence-corrected chi connectivity index (χ4v) is 1.07. The van der Waals surface area contributed by atoms with E-state index in [0.29, 0.717) is 0 Å². The number of hydrogen-bond acceptors (Lipinski definition) is 3. The first-order valence-corrected chi connectivity index (χ1v) is 4.71. The molecule has 96 valence electrons. The van der Waals surface area contributed by atoms with Gasteiger partial charge in [-0.05, 0) is 12.1 Å². The van der Waals surface area contributed by atoms with Gasteiger partial charge >= 0.3 is 6.18 Å². The molecule has 0 aliphatic rings. The zero-order valence-corrected chi connectivity index (χ0v) is 8.76. The van der Waals surface area contributed by atoms with E-state index >= 15 is 0 Å². The summed E-state index contributed by atoms with van der Waals surface area (Å²) in [4.78, 5) is 0. The van der Waals surface area contributed by atoms with Gasteiger partial charge in [-0.3, -0.25) is 0 Å². The lowest BCUT2D eigenvalue weighted by molar-refractivity contribution is -0.175. The van der Waals surface area contributed by atoms with Crippen LogP contribution >= 0.6 is 0 Å². The van der Waals surface area contributed by atoms with E-state index in [2.05, 4.69) is 4.74 Å². The SMILES string of the molecule is Nc1cccc(F)c1OCCOCC(F)(F)F. The van der Waals surface area contributed by atoms with Gasteiger partial charge in [0.15, 0.2) is 11.6 Å². The zero-order chi connectivity index (χ0) is 12.9. The summed E-state index contributed by atoms with van der Waals surface area (Å²) in [5.74, 6) is -0.844. The van der Waals surface area contributed by atoms with Gasteiger partial charge in [0.1, 0.15) is 13.2 Å². The van der Waals surface area contributed by atoms with Crippen LogP contribution in [-0.4, -0.2) is 26.0 Å². The van der Waals surface area contributed by atoms with Crippen LogP contribution in [0.1, 0.15) is 0 Å². The molecule has 0 aliphatic carbocycles. The first-order chi connectivity index (χ1) is 7.90. The van der Waals surface area contributed by atoms with Crippen molar-refractivity contribution in [3.63, 3.8) is 0 Å². The topological polar surface area (TPSA) is 44.5 Å². The van der Waals surface area contributed by atoms with Gasteiger partial charge in [0.05, 0.1) is 12.3 Å². The number of nitrogens with two attached hydrogens (primary N) is 1. The first-order valence-electron chi connectivity index (χ1n) is 4.71. The minimum Gasteiger partial charge on any atom is -0.486 e. The van der Waals surface area contributed by atoms with Crippen LogP contribution in [0, 0.1) is 5.82 Å². The molecule has 17 heavy (non-hydrogen) atoms. The molecule has 0 spiro atoms. The second-order valence-corrected chi connectivity index (χ2v) is 3.17. The van der Waals surface area contributed by atoms with Crippen LogP contribution in [0.5, 0.6) is 5.75 Å². The summed E-state index contributed by atoms with van der Waals surface area (Å²) < 4.78 is 57.4. The summed E-state index contributed by atoms with van der Waals surface area (Å²) in [5.41, 5.74) is 5.50. The zero-order valence-electron chi connectivity index (χ0n) is 8.76. The van der Waals surface area contributed by atoms with Gasteiger partial charge in [0, 0.05) is 0 Å². The van der Waals surface area contributed by atoms with Crippen molar-refractivity contribution in [1.82, 2.24) is 0 Å². The third-order valence-corrected chi connectivity index (χ3v) is 1.74. The number of rotatable bonds is 5. The molecule has 0 fully saturated rings. The third kappa shape index (κ3) is 4.90. The van der Waals surface area contributed by atoms with Gasteiger partial charge in [0.25, 0.3) is 0 Å². The van der Waals surface area contributed by atoms with Crippen LogP contribution in [0.25, 0.3) is 0 Å². The monoisotopic (exact) mass is 253 g/mol. The lowest BCUT2D eigenvalue weighted by atomic mass is 10.3. The number of hydrogen-bond donors (Lipinski definition) is 1. The van der Waals surface area contributed by atoms with E-state index in [1.54, 1.807) is 0 Å². The fourth-order valence-electron chi connectivity index (χ4n) is 1.07. The molecule has 1 aromatic rings. The Morgan fingerprint density at radius 2 is 1.88 bits per heavy atom. The van der Waals surface area contributed by atoms with Crippen molar-refractivity contribution in [3.8, 4) is 5.75 Å². The number of ether oxygens (including phenoxy) is 2. The molecule has 0 bridgehead atoms. The molecule has 0 aliphatic heterocycles. The summed E-state index contributed by atoms with van der Waals surface area (Å²) in [7, 11) is 0. The second-order valence-electron chi connectivity index (χ2n) is 3.17. The average Bonchev–Trinajstić information content (AvgIpc) is 2.20. The molecule has 0 heterocycles. The Balaban J connectivity index is 2.32. The van der Waals surface area contributed by atoms with Crippen molar-refractivity contribution >= 4 is 5.69 Å². The lowest BCUT2D eigenvalue weighted by Crippen LogP contribution is -2.19. The van der Waals surface area contributed by atoms with Crippen molar-refractivity contribution < 1.29 is 27.0 Å². The van der Waals surface area contributed by atoms with E-state index in [4.69, 9.17) is 10.5 Å². The Morgan fingerprint density at radius 1 is 1.18 bits per heavy atom. The van der Waals surface area contributed by atoms with Gasteiger partial charge in [-0.25, -0.2) is 4.39 Å². The highest BCUT2D eigenvalue weighted by atomic mass is 19.4. The summed E-state index contributed by atoms with van der Waals surface area (Å²) in [5, 5.41) is 0. The maximum atomic E-state index is 13.1. The van der Waals surface area contributed by atoms with Crippen molar-refractivity contribution in [3.05, 3.63) is 24.0 Å². The van der Waals surface area contributed by atoms with E-state index in [9.17, 15) is 17.6 Å². The van der Waals surface area contributed by atoms with E-state index in [1.165, 1.54) is 12.1 Å². The van der Waals surface area contributed by atoms with E-state index < -0.39 is 18.6 Å². The van der Waals surface area contributed by atoms with Gasteiger partial charge < -0.3 is 15.2 Å². The molecule has 0 amide bonds. The highest BCUT2D eigenvalue weighted by molar-refractivity contribution is 5.52. The minimum atomic E-state index is -4.38. The maximum absolute atomic E-state index is 13.1. The smallest absolute Gasteiger partial charge is 0.411 e. The standard InChI is InChI=1S/C10H11F4NO2/c11-7-2-1-3-8(15)9(7)17-5-4-16-6-10(12,13)14/h1-3H,4-6,15H2. The number of anilines is 1. The number of benzene rings is 1. The lowest BCUT2D eigenvalue weighted by Gasteiger charge is -2.10. The fraction of sp³-hybridized carbons (Fsp3) is 0.400. The van der Waals surface area contributed by atoms with Crippen molar-refractivity contribution in [2.45, 2.75) is 6.18 Å². The van der Waals surface area contributed by atoms with E-state index in [-0.39, 0.29) is 24.7 Å². The van der Waals surface area contributed by atoms with Gasteiger partial charge in [-0.2, -0.15) is 13.2 Å². The molecule has 1 aromatic carbocycles. The molecule has 0 aromatic heterocycles. The highest BCUT2D eigenvalue weighted by Gasteiger charge is 2.27. The molecular weight excluding hydrogens is 242 g/mol. The number of halogens is 4. The van der Waals surface area contributed by atoms with Crippen LogP contribution in [0.2, 0.25) is 0 Å². The van der Waals surface area contributed by atoms with Crippen molar-refractivity contribution in [2.75, 3.05) is 25.6 Å². The van der Waals surface area contributed by atoms with E-state index in [0.717, 1.165) is 6.07 Å². The van der Waals surface area contributed by atoms with Crippen LogP contribution in [0.3, 0.4) is 0 Å². The molecule has 7 heteroatoms. The number of alkyl halides is 3. The van der Waals surface area contributed by atoms with Crippen LogP contribution in [0.4, 0.5) is 23.2 Å². The average molecular weight is 253 g/mol. The normalized spacial score (nSPS) is 11.5. The van der Waals surface area contributed by atoms with Crippen LogP contribution in [0.15, 0.2) is 18.2 Å². The van der Waals surface area contributed by atoms with Crippen LogP contribution < -0.4 is 10.5 Å². The number of nitrogen functional groups attached to an aromatic ring is 1. The van der Waals surface area contributed by atoms with Gasteiger partial charge in [-0.1, -0.05) is 6.07 Å². The van der Waals surface area contributed by atoms with Gasteiger partial charge in [-0.15, -0.1) is 0 Å². The number of para-hydroxylation sites is 1. The summed E-state index contributed by atoms with van der Waals surface area (Å²) in [6.07, 6.45) is -4.38. The van der Waals surface area contributed by atoms with Crippen molar-refractivity contribution in [2.24, 2.45) is 0 Å². The Hall–Kier alpha value is -1.50. The predicted molar refractivity (Wildman–Crippen MR) is 53.2 cm³/mol. The molecule has 2 N–H and O–H groups in total. The Morgan fingerprint density at radius 3 is 2.47 bits per heavy atom. The van der Waals surface area contributed by atoms with Crippen LogP contribution in [-0.2, 0) is 4.74 Å². The minimum absolute atomic E-state index is 0.0841. The summed E-state index contributed by atoms with van der Waals surface area (Å²) in [6, 6.07) is 3.97. The van der Waals surface area contributed by atoms with E-state index in [1.807, 2.05) is 0 Å². The predicted octanol–water partition coefficient (Wildman–Crippen LogP) is 2.37. The summed E-state index contributed by atoms with van der Waals surface area (Å²) >= 11 is 0. The molecule has 0 saturated carbocycles. The van der Waals surface area contributed by atoms with Gasteiger partial charge in [0.2, 0.25) is 0 Å². The molecule has 0 atom stereocenters. The molecular formula is C10H11F4NO2. The summed E-state index contributed by atoms with van der Waals surface area (Å²) in [6.45, 7) is -1.86. The first kappa shape index (κ1) is 13.6. The molecule has 1 rings (SSSR count).